The molecule has 1 amide bonds. The van der Waals surface area contributed by atoms with Crippen molar-refractivity contribution in [3.05, 3.63) is 22.0 Å². The number of aromatic nitrogens is 2. The van der Waals surface area contributed by atoms with Crippen molar-refractivity contribution in [2.45, 2.75) is 46.3 Å². The van der Waals surface area contributed by atoms with Crippen LogP contribution >= 0.6 is 11.6 Å². The highest BCUT2D eigenvalue weighted by molar-refractivity contribution is 6.30. The molecule has 2 heterocycles. The minimum Gasteiger partial charge on any atom is -0.444 e. The van der Waals surface area contributed by atoms with E-state index in [1.807, 2.05) is 34.6 Å². The number of amides is 1. The number of hydrogen-bond donors (Lipinski definition) is 1. The number of nitrogens with one attached hydrogen (secondary N) is 1. The van der Waals surface area contributed by atoms with Gasteiger partial charge in [-0.2, -0.15) is 5.10 Å². The van der Waals surface area contributed by atoms with Gasteiger partial charge in [0.2, 0.25) is 0 Å². The van der Waals surface area contributed by atoms with Crippen molar-refractivity contribution in [3.8, 4) is 0 Å². The van der Waals surface area contributed by atoms with Crippen LogP contribution in [0, 0.1) is 13.8 Å². The molecule has 1 fully saturated rings. The lowest BCUT2D eigenvalue weighted by molar-refractivity contribution is 0.0194. The molecule has 1 aliphatic rings. The lowest BCUT2D eigenvalue weighted by atomic mass is 10.0. The van der Waals surface area contributed by atoms with Crippen LogP contribution in [-0.2, 0) is 4.74 Å². The Labute approximate surface area is 136 Å². The fourth-order valence-corrected chi connectivity index (χ4v) is 2.75. The van der Waals surface area contributed by atoms with Crippen LogP contribution in [0.15, 0.2) is 0 Å². The predicted octanol–water partition coefficient (Wildman–Crippen LogP) is 2.63. The Hall–Kier alpha value is -1.40. The molecule has 0 radical (unpaired) electrons. The SMILES string of the molecule is Cc1nnc(Cl)c(C2CN(C(=O)OC(C)(C)C)CCN2)c1C. The molecule has 0 bridgehead atoms. The summed E-state index contributed by atoms with van der Waals surface area (Å²) >= 11 is 6.22. The van der Waals surface area contributed by atoms with Gasteiger partial charge in [-0.25, -0.2) is 4.79 Å². The molecule has 2 rings (SSSR count). The number of hydrogen-bond acceptors (Lipinski definition) is 5. The van der Waals surface area contributed by atoms with Crippen LogP contribution in [0.25, 0.3) is 0 Å². The van der Waals surface area contributed by atoms with Gasteiger partial charge in [0, 0.05) is 25.2 Å². The molecule has 1 aliphatic heterocycles. The van der Waals surface area contributed by atoms with Gasteiger partial charge in [0.1, 0.15) is 5.60 Å². The second-order valence-electron chi connectivity index (χ2n) is 6.55. The van der Waals surface area contributed by atoms with Gasteiger partial charge in [-0.05, 0) is 40.2 Å². The van der Waals surface area contributed by atoms with Crippen LogP contribution in [0.4, 0.5) is 4.79 Å². The van der Waals surface area contributed by atoms with Crippen molar-refractivity contribution in [1.82, 2.24) is 20.4 Å². The van der Waals surface area contributed by atoms with Crippen LogP contribution < -0.4 is 5.32 Å². The monoisotopic (exact) mass is 326 g/mol. The third-order valence-electron chi connectivity index (χ3n) is 3.63. The van der Waals surface area contributed by atoms with E-state index in [1.54, 1.807) is 4.90 Å². The summed E-state index contributed by atoms with van der Waals surface area (Å²) in [4.78, 5) is 13.9. The van der Waals surface area contributed by atoms with E-state index in [9.17, 15) is 4.79 Å². The lowest BCUT2D eigenvalue weighted by Gasteiger charge is -2.35. The van der Waals surface area contributed by atoms with Crippen molar-refractivity contribution in [2.75, 3.05) is 19.6 Å². The van der Waals surface area contributed by atoms with Crippen LogP contribution in [0.2, 0.25) is 5.15 Å². The summed E-state index contributed by atoms with van der Waals surface area (Å²) in [6.45, 7) is 11.3. The summed E-state index contributed by atoms with van der Waals surface area (Å²) in [5, 5.41) is 11.8. The zero-order chi connectivity index (χ0) is 16.5. The van der Waals surface area contributed by atoms with Crippen molar-refractivity contribution < 1.29 is 9.53 Å². The van der Waals surface area contributed by atoms with Gasteiger partial charge in [-0.15, -0.1) is 5.10 Å². The highest BCUT2D eigenvalue weighted by atomic mass is 35.5. The maximum Gasteiger partial charge on any atom is 0.410 e. The molecule has 1 aromatic heterocycles. The molecule has 1 unspecified atom stereocenters. The van der Waals surface area contributed by atoms with E-state index >= 15 is 0 Å². The van der Waals surface area contributed by atoms with Gasteiger partial charge in [0.05, 0.1) is 11.7 Å². The summed E-state index contributed by atoms with van der Waals surface area (Å²) in [6, 6.07) is -0.0667. The topological polar surface area (TPSA) is 67.4 Å². The molecular weight excluding hydrogens is 304 g/mol. The van der Waals surface area contributed by atoms with E-state index < -0.39 is 5.60 Å². The van der Waals surface area contributed by atoms with Crippen LogP contribution in [0.5, 0.6) is 0 Å². The number of carbonyl (C=O) groups excluding carboxylic acids is 1. The molecule has 7 heteroatoms. The minimum atomic E-state index is -0.500. The number of ether oxygens (including phenoxy) is 1. The Morgan fingerprint density at radius 2 is 2.05 bits per heavy atom. The number of carbonyl (C=O) groups is 1. The molecule has 1 saturated heterocycles. The molecule has 0 spiro atoms. The highest BCUT2D eigenvalue weighted by Gasteiger charge is 2.30. The second-order valence-corrected chi connectivity index (χ2v) is 6.91. The zero-order valence-electron chi connectivity index (χ0n) is 13.7. The van der Waals surface area contributed by atoms with Gasteiger partial charge < -0.3 is 15.0 Å². The Balaban J connectivity index is 2.18. The first-order chi connectivity index (χ1) is 10.2. The number of nitrogens with zero attached hydrogens (tertiary/aromatic N) is 3. The zero-order valence-corrected chi connectivity index (χ0v) is 14.5. The number of halogens is 1. The predicted molar refractivity (Wildman–Crippen MR) is 85.1 cm³/mol. The van der Waals surface area contributed by atoms with E-state index in [2.05, 4.69) is 15.5 Å². The van der Waals surface area contributed by atoms with E-state index in [-0.39, 0.29) is 12.1 Å². The quantitative estimate of drug-likeness (QED) is 0.859. The van der Waals surface area contributed by atoms with Crippen LogP contribution in [-0.4, -0.2) is 46.4 Å². The van der Waals surface area contributed by atoms with Crippen LogP contribution in [0.3, 0.4) is 0 Å². The molecule has 0 aliphatic carbocycles. The maximum absolute atomic E-state index is 12.2. The second kappa shape index (κ2) is 6.38. The van der Waals surface area contributed by atoms with Gasteiger partial charge in [-0.1, -0.05) is 11.6 Å². The van der Waals surface area contributed by atoms with Crippen molar-refractivity contribution in [1.29, 1.82) is 0 Å². The summed E-state index contributed by atoms with van der Waals surface area (Å²) in [5.41, 5.74) is 2.25. The minimum absolute atomic E-state index is 0.0667. The normalized spacial score (nSPS) is 19.2. The molecule has 1 N–H and O–H groups in total. The molecule has 6 nitrogen and oxygen atoms in total. The molecular formula is C15H23ClN4O2. The molecule has 0 aromatic carbocycles. The van der Waals surface area contributed by atoms with Gasteiger partial charge in [0.15, 0.2) is 5.15 Å². The molecule has 1 aromatic rings. The van der Waals surface area contributed by atoms with E-state index in [1.165, 1.54) is 0 Å². The van der Waals surface area contributed by atoms with E-state index in [0.717, 1.165) is 16.8 Å². The molecule has 1 atom stereocenters. The Morgan fingerprint density at radius 3 is 2.68 bits per heavy atom. The third-order valence-corrected chi connectivity index (χ3v) is 3.91. The van der Waals surface area contributed by atoms with E-state index in [4.69, 9.17) is 16.3 Å². The average Bonchev–Trinajstić information content (AvgIpc) is 2.42. The Bertz CT molecular complexity index is 571. The summed E-state index contributed by atoms with van der Waals surface area (Å²) in [6.07, 6.45) is -0.300. The number of rotatable bonds is 1. The van der Waals surface area contributed by atoms with Gasteiger partial charge in [0.25, 0.3) is 0 Å². The smallest absolute Gasteiger partial charge is 0.410 e. The maximum atomic E-state index is 12.2. The largest absolute Gasteiger partial charge is 0.444 e. The number of piperazine rings is 1. The van der Waals surface area contributed by atoms with E-state index in [0.29, 0.717) is 24.8 Å². The first-order valence-electron chi connectivity index (χ1n) is 7.39. The van der Waals surface area contributed by atoms with Crippen molar-refractivity contribution in [3.63, 3.8) is 0 Å². The van der Waals surface area contributed by atoms with Crippen molar-refractivity contribution >= 4 is 17.7 Å². The summed E-state index contributed by atoms with van der Waals surface area (Å²) in [5.74, 6) is 0. The highest BCUT2D eigenvalue weighted by Crippen LogP contribution is 2.28. The summed E-state index contributed by atoms with van der Waals surface area (Å²) in [7, 11) is 0. The Kier molecular flexibility index (Phi) is 4.92. The van der Waals surface area contributed by atoms with Crippen LogP contribution in [0.1, 0.15) is 43.6 Å². The third kappa shape index (κ3) is 3.87. The summed E-state index contributed by atoms with van der Waals surface area (Å²) < 4.78 is 5.44. The van der Waals surface area contributed by atoms with Crippen molar-refractivity contribution in [2.24, 2.45) is 0 Å². The van der Waals surface area contributed by atoms with Gasteiger partial charge in [-0.3, -0.25) is 0 Å². The first kappa shape index (κ1) is 17.0. The molecule has 22 heavy (non-hydrogen) atoms. The standard InChI is InChI=1S/C15H23ClN4O2/c1-9-10(2)18-19-13(16)12(9)11-8-20(7-6-17-11)14(21)22-15(3,4)5/h11,17H,6-8H2,1-5H3. The molecule has 122 valence electrons. The average molecular weight is 327 g/mol. The fourth-order valence-electron chi connectivity index (χ4n) is 2.44. The van der Waals surface area contributed by atoms with Gasteiger partial charge >= 0.3 is 6.09 Å². The first-order valence-corrected chi connectivity index (χ1v) is 7.77. The number of aryl methyl sites for hydroxylation is 1. The molecule has 0 saturated carbocycles. The fraction of sp³-hybridized carbons (Fsp3) is 0.667. The Morgan fingerprint density at radius 1 is 1.36 bits per heavy atom. The lowest BCUT2D eigenvalue weighted by Crippen LogP contribution is -2.50.